The molecule has 0 aliphatic rings. The van der Waals surface area contributed by atoms with E-state index in [2.05, 4.69) is 4.98 Å². The summed E-state index contributed by atoms with van der Waals surface area (Å²) in [5.41, 5.74) is 0.240. The normalized spacial score (nSPS) is 11.5. The Kier molecular flexibility index (Phi) is 4.97. The van der Waals surface area contributed by atoms with Crippen molar-refractivity contribution < 1.29 is 17.3 Å². The summed E-state index contributed by atoms with van der Waals surface area (Å²) in [5.74, 6) is 0.104. The number of nitrogens with zero attached hydrogens (tertiary/aromatic N) is 1. The van der Waals surface area contributed by atoms with E-state index in [1.807, 2.05) is 0 Å². The highest BCUT2D eigenvalue weighted by Crippen LogP contribution is 2.38. The van der Waals surface area contributed by atoms with E-state index in [0.29, 0.717) is 10.4 Å². The van der Waals surface area contributed by atoms with Gasteiger partial charge >= 0.3 is 10.1 Å². The molecule has 3 rings (SSSR count). The second kappa shape index (κ2) is 6.88. The van der Waals surface area contributed by atoms with E-state index in [1.54, 1.807) is 12.1 Å². The van der Waals surface area contributed by atoms with Gasteiger partial charge in [-0.15, -0.1) is 0 Å². The number of halogens is 3. The van der Waals surface area contributed by atoms with Gasteiger partial charge in [-0.3, -0.25) is 4.98 Å². The number of hydrogen-bond donors (Lipinski definition) is 0. The monoisotopic (exact) mass is 417 g/mol. The number of methoxy groups -OCH3 is 1. The van der Waals surface area contributed by atoms with Crippen molar-refractivity contribution in [1.29, 1.82) is 0 Å². The molecule has 3 aromatic rings. The second-order valence-corrected chi connectivity index (χ2v) is 7.67. The topological polar surface area (TPSA) is 65.5 Å². The molecule has 1 heterocycles. The molecule has 0 N–H and O–H groups in total. The van der Waals surface area contributed by atoms with Crippen LogP contribution in [0.2, 0.25) is 15.1 Å². The molecule has 0 spiro atoms. The van der Waals surface area contributed by atoms with Crippen molar-refractivity contribution in [2.45, 2.75) is 4.90 Å². The number of pyridine rings is 1. The van der Waals surface area contributed by atoms with Crippen molar-refractivity contribution in [3.05, 3.63) is 57.7 Å². The maximum absolute atomic E-state index is 12.6. The molecule has 130 valence electrons. The van der Waals surface area contributed by atoms with Crippen LogP contribution in [0.15, 0.2) is 47.5 Å². The van der Waals surface area contributed by atoms with Crippen molar-refractivity contribution in [3.8, 4) is 11.5 Å². The first-order valence-electron chi connectivity index (χ1n) is 6.84. The first kappa shape index (κ1) is 18.1. The third-order valence-electron chi connectivity index (χ3n) is 3.35. The van der Waals surface area contributed by atoms with Crippen LogP contribution >= 0.6 is 34.8 Å². The summed E-state index contributed by atoms with van der Waals surface area (Å²) in [6.07, 6.45) is 1.49. The minimum absolute atomic E-state index is 0.0284. The molecule has 0 atom stereocenters. The summed E-state index contributed by atoms with van der Waals surface area (Å²) in [6.45, 7) is 0. The fraction of sp³-hybridized carbons (Fsp3) is 0.0625. The van der Waals surface area contributed by atoms with Gasteiger partial charge in [-0.05, 0) is 30.3 Å². The zero-order valence-electron chi connectivity index (χ0n) is 12.7. The van der Waals surface area contributed by atoms with Crippen LogP contribution in [-0.4, -0.2) is 20.5 Å². The van der Waals surface area contributed by atoms with Gasteiger partial charge in [-0.25, -0.2) is 0 Å². The molecule has 2 aromatic carbocycles. The fourth-order valence-electron chi connectivity index (χ4n) is 2.18. The molecular formula is C16H10Cl3NO4S. The van der Waals surface area contributed by atoms with Gasteiger partial charge in [0.25, 0.3) is 0 Å². The van der Waals surface area contributed by atoms with E-state index in [4.69, 9.17) is 43.7 Å². The van der Waals surface area contributed by atoms with Crippen LogP contribution in [0.25, 0.3) is 10.9 Å². The number of benzene rings is 2. The maximum Gasteiger partial charge on any atom is 0.339 e. The van der Waals surface area contributed by atoms with Gasteiger partial charge in [0.1, 0.15) is 16.2 Å². The lowest BCUT2D eigenvalue weighted by atomic mass is 10.2. The highest BCUT2D eigenvalue weighted by Gasteiger charge is 2.23. The highest BCUT2D eigenvalue weighted by molar-refractivity contribution is 7.87. The molecule has 9 heteroatoms. The quantitative estimate of drug-likeness (QED) is 0.560. The van der Waals surface area contributed by atoms with Crippen LogP contribution in [0.4, 0.5) is 0 Å². The molecule has 0 radical (unpaired) electrons. The summed E-state index contributed by atoms with van der Waals surface area (Å²) < 4.78 is 35.5. The lowest BCUT2D eigenvalue weighted by molar-refractivity contribution is 0.413. The third kappa shape index (κ3) is 3.48. The van der Waals surface area contributed by atoms with Crippen LogP contribution in [0, 0.1) is 0 Å². The van der Waals surface area contributed by atoms with E-state index in [9.17, 15) is 8.42 Å². The van der Waals surface area contributed by atoms with E-state index >= 15 is 0 Å². The Balaban J connectivity index is 2.12. The minimum atomic E-state index is -4.20. The van der Waals surface area contributed by atoms with Gasteiger partial charge in [0.15, 0.2) is 5.75 Å². The molecule has 0 unspecified atom stereocenters. The maximum atomic E-state index is 12.6. The molecule has 0 amide bonds. The van der Waals surface area contributed by atoms with Gasteiger partial charge in [0.05, 0.1) is 22.2 Å². The average Bonchev–Trinajstić information content (AvgIpc) is 2.59. The lowest BCUT2D eigenvalue weighted by Gasteiger charge is -2.12. The van der Waals surface area contributed by atoms with Crippen LogP contribution in [-0.2, 0) is 10.1 Å². The SMILES string of the molecule is COc1cc(S(=O)(=O)Oc2c(Cl)cc(Cl)c3cccnc23)ccc1Cl. The summed E-state index contributed by atoms with van der Waals surface area (Å²) >= 11 is 18.2. The third-order valence-corrected chi connectivity index (χ3v) is 5.48. The van der Waals surface area contributed by atoms with Gasteiger partial charge < -0.3 is 8.92 Å². The Hall–Kier alpha value is -1.73. The van der Waals surface area contributed by atoms with Crippen LogP contribution in [0.1, 0.15) is 0 Å². The largest absolute Gasteiger partial charge is 0.495 e. The molecule has 0 fully saturated rings. The molecule has 1 aromatic heterocycles. The number of fused-ring (bicyclic) bond motifs is 1. The number of ether oxygens (including phenoxy) is 1. The van der Waals surface area contributed by atoms with E-state index in [1.165, 1.54) is 37.6 Å². The fourth-order valence-corrected chi connectivity index (χ4v) is 3.94. The summed E-state index contributed by atoms with van der Waals surface area (Å²) in [7, 11) is -2.81. The van der Waals surface area contributed by atoms with Crippen LogP contribution < -0.4 is 8.92 Å². The van der Waals surface area contributed by atoms with E-state index < -0.39 is 10.1 Å². The van der Waals surface area contributed by atoms with Crippen LogP contribution in [0.3, 0.4) is 0 Å². The Morgan fingerprint density at radius 2 is 1.76 bits per heavy atom. The van der Waals surface area contributed by atoms with Gasteiger partial charge in [0, 0.05) is 17.6 Å². The van der Waals surface area contributed by atoms with Crippen molar-refractivity contribution in [3.63, 3.8) is 0 Å². The Bertz CT molecular complexity index is 1070. The van der Waals surface area contributed by atoms with Gasteiger partial charge in [-0.1, -0.05) is 34.8 Å². The first-order valence-corrected chi connectivity index (χ1v) is 9.38. The highest BCUT2D eigenvalue weighted by atomic mass is 35.5. The number of rotatable bonds is 4. The smallest absolute Gasteiger partial charge is 0.339 e. The Labute approximate surface area is 159 Å². The minimum Gasteiger partial charge on any atom is -0.495 e. The predicted molar refractivity (Wildman–Crippen MR) is 97.6 cm³/mol. The second-order valence-electron chi connectivity index (χ2n) is 4.90. The van der Waals surface area contributed by atoms with E-state index in [-0.39, 0.29) is 32.0 Å². The van der Waals surface area contributed by atoms with Crippen molar-refractivity contribution >= 4 is 55.8 Å². The summed E-state index contributed by atoms with van der Waals surface area (Å²) in [5, 5.41) is 1.16. The van der Waals surface area contributed by atoms with Crippen molar-refractivity contribution in [2.24, 2.45) is 0 Å². The molecule has 5 nitrogen and oxygen atoms in total. The molecule has 0 bridgehead atoms. The molecule has 0 aliphatic heterocycles. The molecular weight excluding hydrogens is 409 g/mol. The Morgan fingerprint density at radius 3 is 2.48 bits per heavy atom. The predicted octanol–water partition coefficient (Wildman–Crippen LogP) is 4.97. The van der Waals surface area contributed by atoms with Gasteiger partial charge in [-0.2, -0.15) is 8.42 Å². The molecule has 25 heavy (non-hydrogen) atoms. The van der Waals surface area contributed by atoms with Crippen molar-refractivity contribution in [2.75, 3.05) is 7.11 Å². The number of aromatic nitrogens is 1. The zero-order valence-corrected chi connectivity index (χ0v) is 15.7. The lowest BCUT2D eigenvalue weighted by Crippen LogP contribution is -2.11. The van der Waals surface area contributed by atoms with E-state index in [0.717, 1.165) is 0 Å². The summed E-state index contributed by atoms with van der Waals surface area (Å²) in [4.78, 5) is 3.99. The van der Waals surface area contributed by atoms with Crippen LogP contribution in [0.5, 0.6) is 11.5 Å². The van der Waals surface area contributed by atoms with Crippen molar-refractivity contribution in [1.82, 2.24) is 4.98 Å². The standard InChI is InChI=1S/C16H10Cl3NO4S/c1-23-14-7-9(4-5-11(14)17)25(21,22)24-16-13(19)8-12(18)10-3-2-6-20-15(10)16/h2-8H,1H3. The average molecular weight is 419 g/mol. The first-order chi connectivity index (χ1) is 11.8. The Morgan fingerprint density at radius 1 is 1.00 bits per heavy atom. The molecule has 0 aliphatic carbocycles. The summed E-state index contributed by atoms with van der Waals surface area (Å²) in [6, 6.07) is 8.73. The molecule has 0 saturated heterocycles. The number of hydrogen-bond acceptors (Lipinski definition) is 5. The molecule has 0 saturated carbocycles. The zero-order chi connectivity index (χ0) is 18.2. The van der Waals surface area contributed by atoms with Gasteiger partial charge in [0.2, 0.25) is 0 Å².